The Morgan fingerprint density at radius 3 is 2.32 bits per heavy atom. The molecule has 4 aromatic rings. The van der Waals surface area contributed by atoms with Crippen molar-refractivity contribution in [3.8, 4) is 5.69 Å². The van der Waals surface area contributed by atoms with Crippen LogP contribution in [0.15, 0.2) is 76.4 Å². The molecule has 1 amide bonds. The molecule has 0 atom stereocenters. The van der Waals surface area contributed by atoms with E-state index in [2.05, 4.69) is 15.4 Å². The van der Waals surface area contributed by atoms with Crippen molar-refractivity contribution in [3.05, 3.63) is 121 Å². The number of amides is 1. The lowest BCUT2D eigenvalue weighted by Crippen LogP contribution is -2.46. The predicted octanol–water partition coefficient (Wildman–Crippen LogP) is 3.40. The molecule has 0 fully saturated rings. The Kier molecular flexibility index (Phi) is 7.05. The highest BCUT2D eigenvalue weighted by molar-refractivity contribution is 5.91. The summed E-state index contributed by atoms with van der Waals surface area (Å²) in [5.41, 5.74) is -0.253. The molecule has 0 aliphatic heterocycles. The van der Waals surface area contributed by atoms with Crippen LogP contribution < -0.4 is 16.6 Å². The van der Waals surface area contributed by atoms with E-state index in [9.17, 15) is 27.6 Å². The van der Waals surface area contributed by atoms with Crippen molar-refractivity contribution < 1.29 is 18.0 Å². The minimum atomic E-state index is -4.53. The zero-order chi connectivity index (χ0) is 26.7. The van der Waals surface area contributed by atoms with Crippen molar-refractivity contribution in [2.45, 2.75) is 33.1 Å². The van der Waals surface area contributed by atoms with Crippen molar-refractivity contribution in [2.24, 2.45) is 0 Å². The maximum absolute atomic E-state index is 13.3. The average Bonchev–Trinajstić information content (AvgIpc) is 2.87. The zero-order valence-electron chi connectivity index (χ0n) is 19.9. The number of nitrogens with zero attached hydrogens (tertiary/aromatic N) is 4. The van der Waals surface area contributed by atoms with Gasteiger partial charge in [0.2, 0.25) is 5.69 Å². The number of nitrogens with one attached hydrogen (secondary N) is 1. The number of halogens is 3. The van der Waals surface area contributed by atoms with Gasteiger partial charge in [0.05, 0.1) is 30.0 Å². The van der Waals surface area contributed by atoms with Crippen molar-refractivity contribution in [2.75, 3.05) is 0 Å². The number of alkyl halides is 3. The quantitative estimate of drug-likeness (QED) is 0.430. The molecular formula is C26H22F3N5O3. The van der Waals surface area contributed by atoms with Gasteiger partial charge >= 0.3 is 11.9 Å². The normalized spacial score (nSPS) is 11.4. The molecule has 37 heavy (non-hydrogen) atoms. The van der Waals surface area contributed by atoms with Gasteiger partial charge in [0, 0.05) is 6.20 Å². The third kappa shape index (κ3) is 5.66. The molecule has 2 aromatic heterocycles. The number of carbonyl (C=O) groups excluding carboxylic acids is 1. The molecule has 0 aliphatic rings. The van der Waals surface area contributed by atoms with Gasteiger partial charge < -0.3 is 5.32 Å². The van der Waals surface area contributed by atoms with E-state index in [1.165, 1.54) is 12.1 Å². The Bertz CT molecular complexity index is 1560. The Morgan fingerprint density at radius 1 is 0.973 bits per heavy atom. The van der Waals surface area contributed by atoms with Crippen LogP contribution in [0.5, 0.6) is 0 Å². The molecule has 0 unspecified atom stereocenters. The lowest BCUT2D eigenvalue weighted by molar-refractivity contribution is -0.137. The molecule has 1 N–H and O–H groups in total. The van der Waals surface area contributed by atoms with Crippen LogP contribution in [0.3, 0.4) is 0 Å². The fourth-order valence-corrected chi connectivity index (χ4v) is 3.56. The number of pyridine rings is 1. The van der Waals surface area contributed by atoms with E-state index in [-0.39, 0.29) is 18.7 Å². The van der Waals surface area contributed by atoms with Crippen LogP contribution >= 0.6 is 0 Å². The Balaban J connectivity index is 1.78. The minimum absolute atomic E-state index is 0.0163. The van der Waals surface area contributed by atoms with Crippen molar-refractivity contribution in [3.63, 3.8) is 0 Å². The van der Waals surface area contributed by atoms with Gasteiger partial charge in [0.1, 0.15) is 0 Å². The summed E-state index contributed by atoms with van der Waals surface area (Å²) < 4.78 is 40.6. The number of aromatic nitrogens is 4. The summed E-state index contributed by atoms with van der Waals surface area (Å²) in [7, 11) is 0. The molecule has 8 nitrogen and oxygen atoms in total. The highest BCUT2D eigenvalue weighted by atomic mass is 19.4. The van der Waals surface area contributed by atoms with Gasteiger partial charge in [-0.1, -0.05) is 24.3 Å². The molecule has 4 rings (SSSR count). The van der Waals surface area contributed by atoms with Crippen LogP contribution in [-0.4, -0.2) is 25.2 Å². The lowest BCUT2D eigenvalue weighted by Gasteiger charge is -2.14. The number of rotatable bonds is 6. The summed E-state index contributed by atoms with van der Waals surface area (Å²) in [6, 6.07) is 14.3. The number of hydrogen-bond acceptors (Lipinski definition) is 5. The molecule has 2 aromatic carbocycles. The third-order valence-corrected chi connectivity index (χ3v) is 5.79. The van der Waals surface area contributed by atoms with E-state index < -0.39 is 34.6 Å². The number of aryl methyl sites for hydroxylation is 2. The van der Waals surface area contributed by atoms with E-state index in [0.29, 0.717) is 11.4 Å². The predicted molar refractivity (Wildman–Crippen MR) is 130 cm³/mol. The Labute approximate surface area is 209 Å². The topological polar surface area (TPSA) is 98.9 Å². The van der Waals surface area contributed by atoms with Gasteiger partial charge in [-0.15, -0.1) is 0 Å². The van der Waals surface area contributed by atoms with Crippen LogP contribution in [0, 0.1) is 13.8 Å². The van der Waals surface area contributed by atoms with Crippen LogP contribution in [0.1, 0.15) is 38.4 Å². The van der Waals surface area contributed by atoms with Gasteiger partial charge in [-0.2, -0.15) is 23.0 Å². The molecule has 0 saturated heterocycles. The summed E-state index contributed by atoms with van der Waals surface area (Å²) in [5.74, 6) is -0.825. The summed E-state index contributed by atoms with van der Waals surface area (Å²) in [5, 5.41) is 6.64. The smallest absolute Gasteiger partial charge is 0.345 e. The molecular weight excluding hydrogens is 487 g/mol. The summed E-state index contributed by atoms with van der Waals surface area (Å²) in [6.07, 6.45) is -2.97. The second kappa shape index (κ2) is 10.2. The average molecular weight is 509 g/mol. The molecule has 0 aliphatic carbocycles. The maximum atomic E-state index is 13.3. The second-order valence-corrected chi connectivity index (χ2v) is 8.40. The van der Waals surface area contributed by atoms with Gasteiger partial charge in [0.15, 0.2) is 0 Å². The van der Waals surface area contributed by atoms with Crippen LogP contribution in [0.4, 0.5) is 13.2 Å². The molecule has 0 bridgehead atoms. The Morgan fingerprint density at radius 2 is 1.70 bits per heavy atom. The molecule has 190 valence electrons. The molecule has 0 saturated carbocycles. The number of benzene rings is 2. The molecule has 0 radical (unpaired) electrons. The first-order valence-electron chi connectivity index (χ1n) is 11.2. The van der Waals surface area contributed by atoms with E-state index >= 15 is 0 Å². The van der Waals surface area contributed by atoms with Gasteiger partial charge in [-0.05, 0) is 66.9 Å². The second-order valence-electron chi connectivity index (χ2n) is 8.40. The summed E-state index contributed by atoms with van der Waals surface area (Å²) >= 11 is 0. The first-order chi connectivity index (χ1) is 17.5. The fourth-order valence-electron chi connectivity index (χ4n) is 3.56. The highest BCUT2D eigenvalue weighted by Gasteiger charge is 2.30. The molecule has 0 spiro atoms. The summed E-state index contributed by atoms with van der Waals surface area (Å²) in [4.78, 5) is 43.6. The highest BCUT2D eigenvalue weighted by Crippen LogP contribution is 2.29. The van der Waals surface area contributed by atoms with Crippen LogP contribution in [0.2, 0.25) is 0 Å². The molecule has 11 heteroatoms. The van der Waals surface area contributed by atoms with Crippen molar-refractivity contribution in [1.82, 2.24) is 24.6 Å². The van der Waals surface area contributed by atoms with Gasteiger partial charge in [-0.25, -0.2) is 4.79 Å². The van der Waals surface area contributed by atoms with E-state index in [0.717, 1.165) is 32.5 Å². The van der Waals surface area contributed by atoms with Crippen LogP contribution in [-0.2, 0) is 19.3 Å². The van der Waals surface area contributed by atoms with E-state index in [1.54, 1.807) is 42.6 Å². The Hall–Kier alpha value is -4.54. The monoisotopic (exact) mass is 509 g/mol. The number of carbonyl (C=O) groups is 1. The maximum Gasteiger partial charge on any atom is 0.416 e. The standard InChI is InChI=1S/C26H22F3N5O3/c1-16-6-11-21(13-17(16)2)34-25(37)33(15-18-7-9-19(10-8-18)26(27,28)29)24(36)22(32-34)23(35)31-14-20-5-3-4-12-30-20/h3-13H,14-15H2,1-2H3,(H,31,35). The summed E-state index contributed by atoms with van der Waals surface area (Å²) in [6.45, 7) is 3.38. The zero-order valence-corrected chi connectivity index (χ0v) is 19.9. The van der Waals surface area contributed by atoms with Gasteiger partial charge in [-0.3, -0.25) is 19.1 Å². The third-order valence-electron chi connectivity index (χ3n) is 5.79. The van der Waals surface area contributed by atoms with Crippen molar-refractivity contribution in [1.29, 1.82) is 0 Å². The minimum Gasteiger partial charge on any atom is -0.345 e. The van der Waals surface area contributed by atoms with E-state index in [4.69, 9.17) is 0 Å². The van der Waals surface area contributed by atoms with Gasteiger partial charge in [0.25, 0.3) is 11.5 Å². The SMILES string of the molecule is Cc1ccc(-n2nc(C(=O)NCc3ccccn3)c(=O)n(Cc3ccc(C(F)(F)F)cc3)c2=O)cc1C. The van der Waals surface area contributed by atoms with Crippen molar-refractivity contribution >= 4 is 5.91 Å². The fraction of sp³-hybridized carbons (Fsp3) is 0.192. The first kappa shape index (κ1) is 25.5. The largest absolute Gasteiger partial charge is 0.416 e. The first-order valence-corrected chi connectivity index (χ1v) is 11.2. The number of hydrogen-bond donors (Lipinski definition) is 1. The molecule has 2 heterocycles. The lowest BCUT2D eigenvalue weighted by atomic mass is 10.1. The van der Waals surface area contributed by atoms with E-state index in [1.807, 2.05) is 13.8 Å². The van der Waals surface area contributed by atoms with Crippen LogP contribution in [0.25, 0.3) is 5.69 Å².